The van der Waals surface area contributed by atoms with E-state index in [0.29, 0.717) is 0 Å². The van der Waals surface area contributed by atoms with Gasteiger partial charge in [-0.2, -0.15) is 0 Å². The Kier molecular flexibility index (Phi) is 11.1. The molecule has 0 unspecified atom stereocenters. The van der Waals surface area contributed by atoms with Crippen molar-refractivity contribution in [3.05, 3.63) is 0 Å². The van der Waals surface area contributed by atoms with Crippen LogP contribution in [0.25, 0.3) is 0 Å². The third-order valence-electron chi connectivity index (χ3n) is 3.71. The molecule has 6 heteroatoms. The van der Waals surface area contributed by atoms with E-state index in [2.05, 4.69) is 27.6 Å². The van der Waals surface area contributed by atoms with Gasteiger partial charge in [0.1, 0.15) is 0 Å². The summed E-state index contributed by atoms with van der Waals surface area (Å²) in [4.78, 5) is 6.53. The molecule has 1 aliphatic rings. The van der Waals surface area contributed by atoms with Crippen molar-refractivity contribution in [2.75, 3.05) is 67.2 Å². The predicted octanol–water partition coefficient (Wildman–Crippen LogP) is 0.936. The normalized spacial score (nSPS) is 15.4. The van der Waals surface area contributed by atoms with Crippen molar-refractivity contribution in [3.63, 3.8) is 0 Å². The number of hydrogen-bond donors (Lipinski definition) is 2. The van der Waals surface area contributed by atoms with E-state index in [1.165, 1.54) is 12.8 Å². The molecule has 22 heavy (non-hydrogen) atoms. The van der Waals surface area contributed by atoms with Gasteiger partial charge in [-0.15, -0.1) is 0 Å². The van der Waals surface area contributed by atoms with Crippen LogP contribution in [0.5, 0.6) is 0 Å². The lowest BCUT2D eigenvalue weighted by Gasteiger charge is -2.18. The van der Waals surface area contributed by atoms with Crippen molar-refractivity contribution in [2.45, 2.75) is 25.7 Å². The zero-order valence-electron chi connectivity index (χ0n) is 14.6. The van der Waals surface area contributed by atoms with Crippen LogP contribution in [0.2, 0.25) is 0 Å². The van der Waals surface area contributed by atoms with E-state index < -0.39 is 0 Å². The number of hydrogen-bond acceptors (Lipinski definition) is 4. The fourth-order valence-electron chi connectivity index (χ4n) is 2.09. The number of methoxy groups -OCH3 is 1. The van der Waals surface area contributed by atoms with Crippen LogP contribution in [0.4, 0.5) is 0 Å². The highest BCUT2D eigenvalue weighted by Gasteiger charge is 2.20. The number of guanidine groups is 1. The molecule has 1 aliphatic carbocycles. The van der Waals surface area contributed by atoms with Crippen molar-refractivity contribution >= 4 is 5.96 Å². The van der Waals surface area contributed by atoms with Gasteiger partial charge in [0.2, 0.25) is 0 Å². The van der Waals surface area contributed by atoms with E-state index >= 15 is 0 Å². The Morgan fingerprint density at radius 3 is 2.59 bits per heavy atom. The molecule has 0 radical (unpaired) electrons. The molecular weight excluding hydrogens is 280 g/mol. The molecule has 0 heterocycles. The zero-order chi connectivity index (χ0) is 16.0. The van der Waals surface area contributed by atoms with E-state index in [0.717, 1.165) is 70.7 Å². The van der Waals surface area contributed by atoms with Crippen molar-refractivity contribution in [1.29, 1.82) is 0 Å². The SMILES string of the molecule is CN=C(NCCCOCC1CC1)NCCN(C)CCCOC. The second-order valence-corrected chi connectivity index (χ2v) is 5.95. The number of likely N-dealkylation sites (N-methyl/N-ethyl adjacent to an activating group) is 1. The minimum atomic E-state index is 0.823. The third kappa shape index (κ3) is 10.8. The molecule has 0 aromatic rings. The van der Waals surface area contributed by atoms with Gasteiger partial charge in [-0.05, 0) is 38.6 Å². The zero-order valence-corrected chi connectivity index (χ0v) is 14.6. The van der Waals surface area contributed by atoms with E-state index in [1.54, 1.807) is 14.2 Å². The van der Waals surface area contributed by atoms with E-state index in [9.17, 15) is 0 Å². The van der Waals surface area contributed by atoms with Crippen LogP contribution >= 0.6 is 0 Å². The third-order valence-corrected chi connectivity index (χ3v) is 3.71. The lowest BCUT2D eigenvalue weighted by Crippen LogP contribution is -2.41. The van der Waals surface area contributed by atoms with Crippen LogP contribution in [-0.4, -0.2) is 78.1 Å². The Balaban J connectivity index is 1.92. The molecule has 0 aromatic carbocycles. The van der Waals surface area contributed by atoms with Crippen molar-refractivity contribution in [1.82, 2.24) is 15.5 Å². The Morgan fingerprint density at radius 2 is 1.91 bits per heavy atom. The number of nitrogens with zero attached hydrogens (tertiary/aromatic N) is 2. The lowest BCUT2D eigenvalue weighted by molar-refractivity contribution is 0.123. The molecule has 1 fully saturated rings. The summed E-state index contributed by atoms with van der Waals surface area (Å²) in [5, 5.41) is 6.65. The van der Waals surface area contributed by atoms with Gasteiger partial charge in [0.25, 0.3) is 0 Å². The Labute approximate surface area is 135 Å². The summed E-state index contributed by atoms with van der Waals surface area (Å²) in [7, 11) is 5.68. The summed E-state index contributed by atoms with van der Waals surface area (Å²) in [5.41, 5.74) is 0. The summed E-state index contributed by atoms with van der Waals surface area (Å²) in [6.07, 6.45) is 4.80. The van der Waals surface area contributed by atoms with Crippen LogP contribution in [-0.2, 0) is 9.47 Å². The molecule has 6 nitrogen and oxygen atoms in total. The smallest absolute Gasteiger partial charge is 0.191 e. The van der Waals surface area contributed by atoms with Gasteiger partial charge in [0, 0.05) is 60.2 Å². The summed E-state index contributed by atoms with van der Waals surface area (Å²) >= 11 is 0. The second kappa shape index (κ2) is 12.7. The van der Waals surface area contributed by atoms with Gasteiger partial charge in [0.05, 0.1) is 0 Å². The fourth-order valence-corrected chi connectivity index (χ4v) is 2.09. The molecule has 1 saturated carbocycles. The maximum Gasteiger partial charge on any atom is 0.191 e. The average molecular weight is 314 g/mol. The topological polar surface area (TPSA) is 58.1 Å². The monoisotopic (exact) mass is 314 g/mol. The highest BCUT2D eigenvalue weighted by Crippen LogP contribution is 2.28. The molecule has 0 aliphatic heterocycles. The van der Waals surface area contributed by atoms with Gasteiger partial charge in [0.15, 0.2) is 5.96 Å². The van der Waals surface area contributed by atoms with Crippen LogP contribution in [0.1, 0.15) is 25.7 Å². The van der Waals surface area contributed by atoms with Crippen molar-refractivity contribution < 1.29 is 9.47 Å². The Hall–Kier alpha value is -0.850. The highest BCUT2D eigenvalue weighted by molar-refractivity contribution is 5.79. The standard InChI is InChI=1S/C16H34N4O2/c1-17-16(18-8-4-13-22-14-15-6-7-15)19-9-11-20(2)10-5-12-21-3/h15H,4-14H2,1-3H3,(H2,17,18,19). The average Bonchev–Trinajstić information content (AvgIpc) is 3.33. The first-order valence-electron chi connectivity index (χ1n) is 8.46. The molecule has 130 valence electrons. The molecule has 0 atom stereocenters. The highest BCUT2D eigenvalue weighted by atomic mass is 16.5. The minimum absolute atomic E-state index is 0.823. The summed E-state index contributed by atoms with van der Waals surface area (Å²) in [5.74, 6) is 1.72. The van der Waals surface area contributed by atoms with E-state index in [1.807, 2.05) is 0 Å². The minimum Gasteiger partial charge on any atom is -0.385 e. The van der Waals surface area contributed by atoms with Crippen molar-refractivity contribution in [3.8, 4) is 0 Å². The molecule has 0 aromatic heterocycles. The molecule has 2 N–H and O–H groups in total. The lowest BCUT2D eigenvalue weighted by atomic mass is 10.4. The number of aliphatic imine (C=N–C) groups is 1. The first-order valence-corrected chi connectivity index (χ1v) is 8.46. The number of nitrogens with one attached hydrogen (secondary N) is 2. The van der Waals surface area contributed by atoms with Gasteiger partial charge >= 0.3 is 0 Å². The first kappa shape index (κ1) is 19.2. The molecule has 0 bridgehead atoms. The van der Waals surface area contributed by atoms with Crippen LogP contribution in [0.3, 0.4) is 0 Å². The van der Waals surface area contributed by atoms with Crippen LogP contribution in [0, 0.1) is 5.92 Å². The van der Waals surface area contributed by atoms with E-state index in [4.69, 9.17) is 9.47 Å². The maximum absolute atomic E-state index is 5.62. The van der Waals surface area contributed by atoms with Crippen molar-refractivity contribution in [2.24, 2.45) is 10.9 Å². The Morgan fingerprint density at radius 1 is 1.14 bits per heavy atom. The van der Waals surface area contributed by atoms with Gasteiger partial charge < -0.3 is 25.0 Å². The summed E-state index contributed by atoms with van der Waals surface area (Å²) < 4.78 is 10.7. The van der Waals surface area contributed by atoms with Gasteiger partial charge in [-0.3, -0.25) is 4.99 Å². The molecule has 0 spiro atoms. The quantitative estimate of drug-likeness (QED) is 0.301. The summed E-state index contributed by atoms with van der Waals surface area (Å²) in [6, 6.07) is 0. The molecular formula is C16H34N4O2. The summed E-state index contributed by atoms with van der Waals surface area (Å²) in [6.45, 7) is 6.44. The number of rotatable bonds is 13. The molecule has 1 rings (SSSR count). The largest absolute Gasteiger partial charge is 0.385 e. The first-order chi connectivity index (χ1) is 10.8. The van der Waals surface area contributed by atoms with Crippen LogP contribution in [0.15, 0.2) is 4.99 Å². The van der Waals surface area contributed by atoms with E-state index in [-0.39, 0.29) is 0 Å². The van der Waals surface area contributed by atoms with Crippen LogP contribution < -0.4 is 10.6 Å². The predicted molar refractivity (Wildman–Crippen MR) is 91.5 cm³/mol. The van der Waals surface area contributed by atoms with Gasteiger partial charge in [-0.25, -0.2) is 0 Å². The molecule has 0 saturated heterocycles. The molecule has 0 amide bonds. The Bertz CT molecular complexity index is 296. The fraction of sp³-hybridized carbons (Fsp3) is 0.938. The number of ether oxygens (including phenoxy) is 2. The maximum atomic E-state index is 5.62. The van der Waals surface area contributed by atoms with Gasteiger partial charge in [-0.1, -0.05) is 0 Å². The second-order valence-electron chi connectivity index (χ2n) is 5.95.